The molecule has 2 heterocycles. The van der Waals surface area contributed by atoms with E-state index in [1.165, 1.54) is 5.56 Å². The van der Waals surface area contributed by atoms with Crippen molar-refractivity contribution in [1.82, 2.24) is 0 Å². The lowest BCUT2D eigenvalue weighted by Crippen LogP contribution is -2.13. The molecule has 3 heteroatoms. The lowest BCUT2D eigenvalue weighted by atomic mass is 10.0. The molecule has 1 aliphatic heterocycles. The zero-order valence-corrected chi connectivity index (χ0v) is 16.1. The van der Waals surface area contributed by atoms with Gasteiger partial charge < -0.3 is 0 Å². The third kappa shape index (κ3) is 2.93. The molecule has 0 N–H and O–H groups in total. The van der Waals surface area contributed by atoms with Crippen LogP contribution in [0.3, 0.4) is 0 Å². The molecule has 0 radical (unpaired) electrons. The second kappa shape index (κ2) is 6.84. The van der Waals surface area contributed by atoms with Crippen molar-refractivity contribution in [1.29, 1.82) is 0 Å². The molecule has 1 nitrogen and oxygen atoms in total. The Hall–Kier alpha value is -2.62. The van der Waals surface area contributed by atoms with Gasteiger partial charge in [0.05, 0.1) is 5.25 Å². The maximum atomic E-state index is 13.3. The van der Waals surface area contributed by atoms with Crippen LogP contribution in [0.25, 0.3) is 21.1 Å². The SMILES string of the molecule is O=c1c2c(sc3ccccc13)C(c1ccccc1)SC(c1ccccc1)=C2. The quantitative estimate of drug-likeness (QED) is 0.387. The summed E-state index contributed by atoms with van der Waals surface area (Å²) >= 11 is 3.57. The fraction of sp³-hybridized carbons (Fsp3) is 0.0417. The van der Waals surface area contributed by atoms with Gasteiger partial charge in [0.2, 0.25) is 0 Å². The predicted octanol–water partition coefficient (Wildman–Crippen LogP) is 6.60. The first-order valence-corrected chi connectivity index (χ1v) is 10.6. The highest BCUT2D eigenvalue weighted by Crippen LogP contribution is 2.51. The molecule has 1 aromatic heterocycles. The van der Waals surface area contributed by atoms with Crippen molar-refractivity contribution < 1.29 is 0 Å². The Morgan fingerprint density at radius 2 is 1.41 bits per heavy atom. The smallest absolute Gasteiger partial charge is 0.195 e. The van der Waals surface area contributed by atoms with Gasteiger partial charge in [-0.15, -0.1) is 23.1 Å². The van der Waals surface area contributed by atoms with Gasteiger partial charge in [-0.2, -0.15) is 0 Å². The van der Waals surface area contributed by atoms with E-state index < -0.39 is 0 Å². The summed E-state index contributed by atoms with van der Waals surface area (Å²) < 4.78 is 1.05. The fourth-order valence-electron chi connectivity index (χ4n) is 3.45. The lowest BCUT2D eigenvalue weighted by molar-refractivity contribution is 1.19. The first kappa shape index (κ1) is 16.5. The Labute approximate surface area is 166 Å². The number of hydrogen-bond acceptors (Lipinski definition) is 3. The van der Waals surface area contributed by atoms with Crippen LogP contribution in [0, 0.1) is 0 Å². The minimum Gasteiger partial charge on any atom is -0.289 e. The highest BCUT2D eigenvalue weighted by atomic mass is 32.2. The van der Waals surface area contributed by atoms with Gasteiger partial charge in [-0.1, -0.05) is 72.8 Å². The minimum atomic E-state index is 0.128. The highest BCUT2D eigenvalue weighted by molar-refractivity contribution is 8.09. The monoisotopic (exact) mass is 384 g/mol. The molecule has 0 amide bonds. The van der Waals surface area contributed by atoms with E-state index in [9.17, 15) is 4.79 Å². The molecular weight excluding hydrogens is 368 g/mol. The number of fused-ring (bicyclic) bond motifs is 2. The van der Waals surface area contributed by atoms with Crippen LogP contribution in [-0.4, -0.2) is 0 Å². The summed E-state index contributed by atoms with van der Waals surface area (Å²) in [5.74, 6) is 0. The van der Waals surface area contributed by atoms with Gasteiger partial charge in [0.1, 0.15) is 0 Å². The molecule has 0 aliphatic carbocycles. The molecule has 1 aliphatic rings. The highest BCUT2D eigenvalue weighted by Gasteiger charge is 2.27. The van der Waals surface area contributed by atoms with Gasteiger partial charge in [-0.05, 0) is 29.3 Å². The zero-order valence-electron chi connectivity index (χ0n) is 14.5. The van der Waals surface area contributed by atoms with Crippen LogP contribution in [0.1, 0.15) is 26.8 Å². The zero-order chi connectivity index (χ0) is 18.2. The van der Waals surface area contributed by atoms with Crippen LogP contribution in [-0.2, 0) is 0 Å². The van der Waals surface area contributed by atoms with Gasteiger partial charge in [0.15, 0.2) is 5.43 Å². The van der Waals surface area contributed by atoms with Gasteiger partial charge >= 0.3 is 0 Å². The van der Waals surface area contributed by atoms with Crippen molar-refractivity contribution in [2.45, 2.75) is 5.25 Å². The molecular formula is C24H16OS2. The van der Waals surface area contributed by atoms with E-state index in [2.05, 4.69) is 42.5 Å². The third-order valence-corrected chi connectivity index (χ3v) is 7.53. The molecule has 1 unspecified atom stereocenters. The second-order valence-electron chi connectivity index (χ2n) is 6.49. The van der Waals surface area contributed by atoms with E-state index in [0.717, 1.165) is 31.0 Å². The summed E-state index contributed by atoms with van der Waals surface area (Å²) in [5.41, 5.74) is 3.36. The summed E-state index contributed by atoms with van der Waals surface area (Å²) in [4.78, 5) is 15.6. The third-order valence-electron chi connectivity index (χ3n) is 4.78. The first-order valence-electron chi connectivity index (χ1n) is 8.86. The summed E-state index contributed by atoms with van der Waals surface area (Å²) in [6, 6.07) is 28.7. The van der Waals surface area contributed by atoms with Gasteiger partial charge in [-0.3, -0.25) is 4.79 Å². The Kier molecular flexibility index (Phi) is 4.19. The van der Waals surface area contributed by atoms with Gasteiger partial charge in [0.25, 0.3) is 0 Å². The number of benzene rings is 3. The average Bonchev–Trinajstić information content (AvgIpc) is 2.75. The van der Waals surface area contributed by atoms with Crippen LogP contribution >= 0.6 is 23.1 Å². The van der Waals surface area contributed by atoms with Crippen molar-refractivity contribution >= 4 is 44.2 Å². The van der Waals surface area contributed by atoms with Gasteiger partial charge in [0, 0.05) is 25.4 Å². The van der Waals surface area contributed by atoms with Crippen molar-refractivity contribution in [2.75, 3.05) is 0 Å². The van der Waals surface area contributed by atoms with E-state index in [0.29, 0.717) is 0 Å². The van der Waals surface area contributed by atoms with Crippen molar-refractivity contribution in [2.24, 2.45) is 0 Å². The minimum absolute atomic E-state index is 0.128. The van der Waals surface area contributed by atoms with E-state index in [1.807, 2.05) is 60.3 Å². The molecule has 3 aromatic carbocycles. The molecule has 5 rings (SSSR count). The van der Waals surface area contributed by atoms with E-state index in [4.69, 9.17) is 0 Å². The molecule has 0 bridgehead atoms. The number of thioether (sulfide) groups is 1. The van der Waals surface area contributed by atoms with Crippen LogP contribution in [0.5, 0.6) is 0 Å². The predicted molar refractivity (Wildman–Crippen MR) is 118 cm³/mol. The lowest BCUT2D eigenvalue weighted by Gasteiger charge is -2.25. The molecule has 130 valence electrons. The van der Waals surface area contributed by atoms with Crippen molar-refractivity contribution in [3.63, 3.8) is 0 Å². The Balaban J connectivity index is 1.80. The summed E-state index contributed by atoms with van der Waals surface area (Å²) in [6.45, 7) is 0. The molecule has 0 spiro atoms. The van der Waals surface area contributed by atoms with Crippen LogP contribution in [0.2, 0.25) is 0 Å². The maximum Gasteiger partial charge on any atom is 0.195 e. The average molecular weight is 385 g/mol. The van der Waals surface area contributed by atoms with E-state index in [-0.39, 0.29) is 10.7 Å². The number of hydrogen-bond donors (Lipinski definition) is 0. The first-order chi connectivity index (χ1) is 13.3. The van der Waals surface area contributed by atoms with E-state index >= 15 is 0 Å². The molecule has 1 atom stereocenters. The summed E-state index contributed by atoms with van der Waals surface area (Å²) in [7, 11) is 0. The Morgan fingerprint density at radius 3 is 2.19 bits per heavy atom. The molecule has 27 heavy (non-hydrogen) atoms. The number of rotatable bonds is 2. The maximum absolute atomic E-state index is 13.3. The second-order valence-corrected chi connectivity index (χ2v) is 8.72. The molecule has 0 saturated carbocycles. The molecule has 0 fully saturated rings. The van der Waals surface area contributed by atoms with Crippen LogP contribution in [0.4, 0.5) is 0 Å². The molecule has 4 aromatic rings. The summed E-state index contributed by atoms with van der Waals surface area (Å²) in [6.07, 6.45) is 2.08. The largest absolute Gasteiger partial charge is 0.289 e. The molecule has 0 saturated heterocycles. The van der Waals surface area contributed by atoms with Crippen molar-refractivity contribution in [3.8, 4) is 0 Å². The van der Waals surface area contributed by atoms with Gasteiger partial charge in [-0.25, -0.2) is 0 Å². The van der Waals surface area contributed by atoms with Crippen LogP contribution < -0.4 is 5.43 Å². The topological polar surface area (TPSA) is 17.1 Å². The Morgan fingerprint density at radius 1 is 0.741 bits per heavy atom. The normalized spacial score (nSPS) is 16.0. The van der Waals surface area contributed by atoms with E-state index in [1.54, 1.807) is 11.3 Å². The Bertz CT molecular complexity index is 1210. The van der Waals surface area contributed by atoms with Crippen LogP contribution in [0.15, 0.2) is 89.7 Å². The summed E-state index contributed by atoms with van der Waals surface area (Å²) in [5, 5.41) is 0.937. The fourth-order valence-corrected chi connectivity index (χ4v) is 6.14. The van der Waals surface area contributed by atoms with Crippen molar-refractivity contribution in [3.05, 3.63) is 117 Å². The standard InChI is InChI=1S/C24H16OS2/c25-22-18-13-7-8-14-20(18)26-24-19(22)15-21(16-9-3-1-4-10-16)27-23(24)17-11-5-2-6-12-17/h1-15,23H.